The lowest BCUT2D eigenvalue weighted by molar-refractivity contribution is 0.0677. The molecule has 0 aromatic carbocycles. The van der Waals surface area contributed by atoms with E-state index < -0.39 is 0 Å². The van der Waals surface area contributed by atoms with Gasteiger partial charge in [-0.15, -0.1) is 0 Å². The Kier molecular flexibility index (Phi) is 3.16. The Morgan fingerprint density at radius 1 is 1.44 bits per heavy atom. The summed E-state index contributed by atoms with van der Waals surface area (Å²) in [6.07, 6.45) is 2.77. The molecule has 3 heterocycles. The fourth-order valence-corrected chi connectivity index (χ4v) is 2.52. The van der Waals surface area contributed by atoms with Gasteiger partial charge in [0.25, 0.3) is 5.89 Å². The average molecular weight is 265 g/mol. The molecule has 0 saturated carbocycles. The zero-order valence-electron chi connectivity index (χ0n) is 9.44. The van der Waals surface area contributed by atoms with E-state index >= 15 is 0 Å². The first-order valence-corrected chi connectivity index (χ1v) is 6.66. The van der Waals surface area contributed by atoms with Crippen LogP contribution >= 0.6 is 11.8 Å². The number of rotatable bonds is 2. The van der Waals surface area contributed by atoms with Gasteiger partial charge in [0.1, 0.15) is 11.9 Å². The van der Waals surface area contributed by atoms with Crippen LogP contribution in [0.5, 0.6) is 5.75 Å². The summed E-state index contributed by atoms with van der Waals surface area (Å²) in [5.41, 5.74) is 0.479. The van der Waals surface area contributed by atoms with Gasteiger partial charge < -0.3 is 14.4 Å². The van der Waals surface area contributed by atoms with Crippen molar-refractivity contribution in [3.8, 4) is 17.2 Å². The van der Waals surface area contributed by atoms with Crippen LogP contribution in [0.25, 0.3) is 11.5 Å². The maximum atomic E-state index is 9.66. The van der Waals surface area contributed by atoms with Gasteiger partial charge in [-0.2, -0.15) is 16.7 Å². The van der Waals surface area contributed by atoms with Gasteiger partial charge in [0.2, 0.25) is 5.82 Å². The summed E-state index contributed by atoms with van der Waals surface area (Å²) in [6, 6.07) is 1.63. The van der Waals surface area contributed by atoms with Crippen LogP contribution in [0.15, 0.2) is 23.0 Å². The third-order valence-corrected chi connectivity index (χ3v) is 3.57. The fraction of sp³-hybridized carbons (Fsp3) is 0.364. The minimum atomic E-state index is -0.134. The summed E-state index contributed by atoms with van der Waals surface area (Å²) >= 11 is 1.80. The second kappa shape index (κ2) is 4.95. The predicted molar refractivity (Wildman–Crippen MR) is 65.2 cm³/mol. The molecule has 1 N–H and O–H groups in total. The van der Waals surface area contributed by atoms with Crippen LogP contribution in [0.2, 0.25) is 0 Å². The third-order valence-electron chi connectivity index (χ3n) is 2.58. The summed E-state index contributed by atoms with van der Waals surface area (Å²) in [4.78, 5) is 8.06. The molecule has 0 aliphatic carbocycles. The van der Waals surface area contributed by atoms with Gasteiger partial charge in [-0.3, -0.25) is 4.98 Å². The fourth-order valence-electron chi connectivity index (χ4n) is 1.68. The van der Waals surface area contributed by atoms with E-state index in [0.717, 1.165) is 11.5 Å². The zero-order chi connectivity index (χ0) is 12.4. The van der Waals surface area contributed by atoms with Gasteiger partial charge >= 0.3 is 0 Å². The summed E-state index contributed by atoms with van der Waals surface area (Å²) in [5.74, 6) is 2.64. The lowest BCUT2D eigenvalue weighted by Gasteiger charge is -2.18. The molecule has 1 atom stereocenters. The molecule has 0 bridgehead atoms. The Labute approximate surface area is 107 Å². The van der Waals surface area contributed by atoms with E-state index in [1.54, 1.807) is 24.0 Å². The number of aromatic hydroxyl groups is 1. The Balaban J connectivity index is 1.87. The molecule has 2 aromatic heterocycles. The highest BCUT2D eigenvalue weighted by molar-refractivity contribution is 7.99. The minimum absolute atomic E-state index is 0.0200. The highest BCUT2D eigenvalue weighted by Gasteiger charge is 2.23. The predicted octanol–water partition coefficient (Wildman–Crippen LogP) is 1.64. The Morgan fingerprint density at radius 2 is 2.39 bits per heavy atom. The SMILES string of the molecule is Oc1cnccc1-c1nc(C2CSCCO2)no1. The Morgan fingerprint density at radius 3 is 3.17 bits per heavy atom. The van der Waals surface area contributed by atoms with Crippen molar-refractivity contribution in [1.82, 2.24) is 15.1 Å². The molecule has 1 saturated heterocycles. The van der Waals surface area contributed by atoms with Gasteiger partial charge in [-0.1, -0.05) is 5.16 Å². The van der Waals surface area contributed by atoms with Gasteiger partial charge in [0.05, 0.1) is 18.4 Å². The van der Waals surface area contributed by atoms with Crippen LogP contribution in [-0.2, 0) is 4.74 Å². The number of pyridine rings is 1. The number of hydrogen-bond acceptors (Lipinski definition) is 7. The molecule has 7 heteroatoms. The largest absolute Gasteiger partial charge is 0.505 e. The van der Waals surface area contributed by atoms with Crippen molar-refractivity contribution in [3.05, 3.63) is 24.3 Å². The van der Waals surface area contributed by atoms with E-state index in [1.165, 1.54) is 6.20 Å². The molecule has 1 fully saturated rings. The highest BCUT2D eigenvalue weighted by atomic mass is 32.2. The first kappa shape index (κ1) is 11.5. The number of ether oxygens (including phenoxy) is 1. The van der Waals surface area contributed by atoms with E-state index in [-0.39, 0.29) is 17.7 Å². The van der Waals surface area contributed by atoms with Gasteiger partial charge in [-0.05, 0) is 6.07 Å². The van der Waals surface area contributed by atoms with E-state index in [1.807, 2.05) is 0 Å². The quantitative estimate of drug-likeness (QED) is 0.883. The maximum absolute atomic E-state index is 9.66. The highest BCUT2D eigenvalue weighted by Crippen LogP contribution is 2.29. The molecule has 6 nitrogen and oxygen atoms in total. The van der Waals surface area contributed by atoms with Crippen molar-refractivity contribution in [2.75, 3.05) is 18.1 Å². The first-order chi connectivity index (χ1) is 8.84. The number of nitrogens with zero attached hydrogens (tertiary/aromatic N) is 3. The van der Waals surface area contributed by atoms with E-state index in [2.05, 4.69) is 15.1 Å². The van der Waals surface area contributed by atoms with Gasteiger partial charge in [-0.25, -0.2) is 0 Å². The molecule has 2 aromatic rings. The summed E-state index contributed by atoms with van der Waals surface area (Å²) in [6.45, 7) is 0.694. The van der Waals surface area contributed by atoms with Crippen LogP contribution in [0.1, 0.15) is 11.9 Å². The van der Waals surface area contributed by atoms with Crippen molar-refractivity contribution in [3.63, 3.8) is 0 Å². The van der Waals surface area contributed by atoms with Crippen molar-refractivity contribution in [1.29, 1.82) is 0 Å². The molecule has 18 heavy (non-hydrogen) atoms. The van der Waals surface area contributed by atoms with Crippen LogP contribution < -0.4 is 0 Å². The molecule has 0 spiro atoms. The Hall–Kier alpha value is -1.60. The van der Waals surface area contributed by atoms with Crippen molar-refractivity contribution >= 4 is 11.8 Å². The molecule has 0 amide bonds. The van der Waals surface area contributed by atoms with Crippen molar-refractivity contribution in [2.24, 2.45) is 0 Å². The topological polar surface area (TPSA) is 81.3 Å². The van der Waals surface area contributed by atoms with Crippen LogP contribution in [0.3, 0.4) is 0 Å². The number of hydrogen-bond donors (Lipinski definition) is 1. The molecule has 1 aliphatic rings. The molecular formula is C11H11N3O3S. The summed E-state index contributed by atoms with van der Waals surface area (Å²) in [5, 5.41) is 13.6. The lowest BCUT2D eigenvalue weighted by Crippen LogP contribution is -2.16. The molecular weight excluding hydrogens is 254 g/mol. The minimum Gasteiger partial charge on any atom is -0.505 e. The standard InChI is InChI=1S/C11H11N3O3S/c15-8-5-12-2-1-7(8)11-13-10(14-17-11)9-6-18-4-3-16-9/h1-2,5,9,15H,3-4,6H2. The molecule has 1 unspecified atom stereocenters. The van der Waals surface area contributed by atoms with Gasteiger partial charge in [0, 0.05) is 17.7 Å². The van der Waals surface area contributed by atoms with Crippen LogP contribution in [0, 0.1) is 0 Å². The second-order valence-corrected chi connectivity index (χ2v) is 4.93. The molecule has 3 rings (SSSR count). The smallest absolute Gasteiger partial charge is 0.261 e. The van der Waals surface area contributed by atoms with Crippen LogP contribution in [0.4, 0.5) is 0 Å². The van der Waals surface area contributed by atoms with Crippen LogP contribution in [-0.4, -0.2) is 38.3 Å². The molecule has 1 aliphatic heterocycles. The molecule has 94 valence electrons. The van der Waals surface area contributed by atoms with E-state index in [0.29, 0.717) is 18.0 Å². The second-order valence-electron chi connectivity index (χ2n) is 3.78. The first-order valence-electron chi connectivity index (χ1n) is 5.51. The third kappa shape index (κ3) is 2.19. The van der Waals surface area contributed by atoms with E-state index in [4.69, 9.17) is 9.26 Å². The Bertz CT molecular complexity index is 540. The monoisotopic (exact) mass is 265 g/mol. The average Bonchev–Trinajstić information content (AvgIpc) is 2.90. The van der Waals surface area contributed by atoms with Gasteiger partial charge in [0.15, 0.2) is 0 Å². The summed E-state index contributed by atoms with van der Waals surface area (Å²) < 4.78 is 10.7. The van der Waals surface area contributed by atoms with Crippen molar-refractivity contribution < 1.29 is 14.4 Å². The number of thioether (sulfide) groups is 1. The van der Waals surface area contributed by atoms with E-state index in [9.17, 15) is 5.11 Å². The number of aromatic nitrogens is 3. The summed E-state index contributed by atoms with van der Waals surface area (Å²) in [7, 11) is 0. The normalized spacial score (nSPS) is 19.9. The zero-order valence-corrected chi connectivity index (χ0v) is 10.3. The molecule has 0 radical (unpaired) electrons. The maximum Gasteiger partial charge on any atom is 0.261 e. The van der Waals surface area contributed by atoms with Crippen molar-refractivity contribution in [2.45, 2.75) is 6.10 Å². The lowest BCUT2D eigenvalue weighted by atomic mass is 10.2.